The van der Waals surface area contributed by atoms with E-state index < -0.39 is 0 Å². The monoisotopic (exact) mass is 158 g/mol. The first-order valence-electron chi connectivity index (χ1n) is 3.71. The van der Waals surface area contributed by atoms with Crippen LogP contribution in [0.5, 0.6) is 0 Å². The van der Waals surface area contributed by atoms with E-state index in [2.05, 4.69) is 6.07 Å². The first kappa shape index (κ1) is 8.35. The second kappa shape index (κ2) is 3.59. The molecule has 0 spiro atoms. The summed E-state index contributed by atoms with van der Waals surface area (Å²) < 4.78 is 0. The fourth-order valence-electron chi connectivity index (χ4n) is 1.04. The van der Waals surface area contributed by atoms with Crippen LogP contribution >= 0.6 is 0 Å². The molecule has 1 aromatic carbocycles. The minimum Gasteiger partial charge on any atom is -0.398 e. The van der Waals surface area contributed by atoms with Crippen molar-refractivity contribution in [3.8, 4) is 6.07 Å². The van der Waals surface area contributed by atoms with Crippen molar-refractivity contribution in [3.63, 3.8) is 0 Å². The summed E-state index contributed by atoms with van der Waals surface area (Å²) in [6.45, 7) is 1.91. The highest BCUT2D eigenvalue weighted by molar-refractivity contribution is 5.67. The van der Waals surface area contributed by atoms with E-state index in [0.717, 1.165) is 5.56 Å². The van der Waals surface area contributed by atoms with Crippen LogP contribution in [-0.2, 0) is 0 Å². The molecule has 12 heavy (non-hydrogen) atoms. The van der Waals surface area contributed by atoms with Crippen LogP contribution in [0.3, 0.4) is 0 Å². The number of allylic oxidation sites excluding steroid dienone is 1. The van der Waals surface area contributed by atoms with Gasteiger partial charge in [0.05, 0.1) is 11.3 Å². The predicted molar refractivity (Wildman–Crippen MR) is 50.3 cm³/mol. The molecular formula is C10H10N2. The molecule has 0 atom stereocenters. The zero-order valence-corrected chi connectivity index (χ0v) is 6.91. The molecule has 0 saturated heterocycles. The van der Waals surface area contributed by atoms with E-state index in [4.69, 9.17) is 11.0 Å². The normalized spacial score (nSPS) is 10.0. The molecule has 0 aromatic heterocycles. The predicted octanol–water partition coefficient (Wildman–Crippen LogP) is 2.17. The van der Waals surface area contributed by atoms with Gasteiger partial charge in [-0.25, -0.2) is 0 Å². The Morgan fingerprint density at radius 1 is 1.50 bits per heavy atom. The van der Waals surface area contributed by atoms with Crippen LogP contribution in [0.25, 0.3) is 6.08 Å². The number of nitriles is 1. The molecule has 1 rings (SSSR count). The molecule has 60 valence electrons. The summed E-state index contributed by atoms with van der Waals surface area (Å²) in [5.41, 5.74) is 7.57. The van der Waals surface area contributed by atoms with E-state index in [1.165, 1.54) is 0 Å². The molecule has 0 radical (unpaired) electrons. The number of nitrogens with zero attached hydrogens (tertiary/aromatic N) is 1. The largest absolute Gasteiger partial charge is 0.398 e. The average Bonchev–Trinajstić information content (AvgIpc) is 2.05. The fraction of sp³-hybridized carbons (Fsp3) is 0.100. The average molecular weight is 158 g/mol. The van der Waals surface area contributed by atoms with E-state index in [0.29, 0.717) is 11.3 Å². The third-order valence-electron chi connectivity index (χ3n) is 1.59. The zero-order valence-electron chi connectivity index (χ0n) is 6.91. The smallest absolute Gasteiger partial charge is 0.102 e. The van der Waals surface area contributed by atoms with E-state index >= 15 is 0 Å². The van der Waals surface area contributed by atoms with Gasteiger partial charge in [-0.2, -0.15) is 5.26 Å². The lowest BCUT2D eigenvalue weighted by atomic mass is 10.1. The van der Waals surface area contributed by atoms with Gasteiger partial charge in [-0.15, -0.1) is 0 Å². The van der Waals surface area contributed by atoms with Crippen molar-refractivity contribution < 1.29 is 0 Å². The standard InChI is InChI=1S/C10H10N2/c1-2-4-8-5-3-6-10(12)9(8)7-11/h2-6H,12H2,1H3. The van der Waals surface area contributed by atoms with Gasteiger partial charge in [-0.3, -0.25) is 0 Å². The van der Waals surface area contributed by atoms with Gasteiger partial charge in [-0.1, -0.05) is 24.3 Å². The number of rotatable bonds is 1. The lowest BCUT2D eigenvalue weighted by molar-refractivity contribution is 1.47. The summed E-state index contributed by atoms with van der Waals surface area (Å²) in [6, 6.07) is 7.51. The maximum Gasteiger partial charge on any atom is 0.102 e. The van der Waals surface area contributed by atoms with E-state index in [-0.39, 0.29) is 0 Å². The highest BCUT2D eigenvalue weighted by atomic mass is 14.6. The van der Waals surface area contributed by atoms with Crippen molar-refractivity contribution in [2.75, 3.05) is 5.73 Å². The Hall–Kier alpha value is -1.75. The first-order chi connectivity index (χ1) is 5.79. The molecular weight excluding hydrogens is 148 g/mol. The lowest BCUT2D eigenvalue weighted by Crippen LogP contribution is -1.91. The van der Waals surface area contributed by atoms with Crippen LogP contribution in [0.1, 0.15) is 18.1 Å². The second-order valence-electron chi connectivity index (χ2n) is 2.42. The van der Waals surface area contributed by atoms with Crippen LogP contribution in [0.2, 0.25) is 0 Å². The van der Waals surface area contributed by atoms with Crippen LogP contribution < -0.4 is 5.73 Å². The number of nitrogens with two attached hydrogens (primary N) is 1. The number of hydrogen-bond acceptors (Lipinski definition) is 2. The number of hydrogen-bond donors (Lipinski definition) is 1. The molecule has 0 heterocycles. The SMILES string of the molecule is CC=Cc1cccc(N)c1C#N. The fourth-order valence-corrected chi connectivity index (χ4v) is 1.04. The van der Waals surface area contributed by atoms with Crippen LogP contribution in [0.15, 0.2) is 24.3 Å². The Morgan fingerprint density at radius 2 is 2.25 bits per heavy atom. The zero-order chi connectivity index (χ0) is 8.97. The van der Waals surface area contributed by atoms with Crippen molar-refractivity contribution in [2.24, 2.45) is 0 Å². The second-order valence-corrected chi connectivity index (χ2v) is 2.42. The Balaban J connectivity index is 3.30. The lowest BCUT2D eigenvalue weighted by Gasteiger charge is -1.99. The van der Waals surface area contributed by atoms with Gasteiger partial charge in [0.15, 0.2) is 0 Å². The molecule has 0 unspecified atom stereocenters. The van der Waals surface area contributed by atoms with Crippen LogP contribution in [0.4, 0.5) is 5.69 Å². The molecule has 0 aliphatic heterocycles. The van der Waals surface area contributed by atoms with E-state index in [1.807, 2.05) is 31.2 Å². The van der Waals surface area contributed by atoms with Gasteiger partial charge in [0.2, 0.25) is 0 Å². The maximum absolute atomic E-state index is 8.76. The Morgan fingerprint density at radius 3 is 2.83 bits per heavy atom. The van der Waals surface area contributed by atoms with Crippen molar-refractivity contribution in [2.45, 2.75) is 6.92 Å². The molecule has 0 bridgehead atoms. The molecule has 1 aromatic rings. The third-order valence-corrected chi connectivity index (χ3v) is 1.59. The highest BCUT2D eigenvalue weighted by Gasteiger charge is 2.00. The van der Waals surface area contributed by atoms with Crippen LogP contribution in [0, 0.1) is 11.3 Å². The highest BCUT2D eigenvalue weighted by Crippen LogP contribution is 2.16. The molecule has 2 nitrogen and oxygen atoms in total. The number of benzene rings is 1. The Kier molecular flexibility index (Phi) is 2.49. The molecule has 2 N–H and O–H groups in total. The van der Waals surface area contributed by atoms with Gasteiger partial charge < -0.3 is 5.73 Å². The molecule has 2 heteroatoms. The number of nitrogen functional groups attached to an aromatic ring is 1. The summed E-state index contributed by atoms with van der Waals surface area (Å²) in [5, 5.41) is 8.76. The maximum atomic E-state index is 8.76. The van der Waals surface area contributed by atoms with Crippen molar-refractivity contribution >= 4 is 11.8 Å². The van der Waals surface area contributed by atoms with Gasteiger partial charge in [0.25, 0.3) is 0 Å². The minimum absolute atomic E-state index is 0.535. The van der Waals surface area contributed by atoms with Crippen molar-refractivity contribution in [1.82, 2.24) is 0 Å². The van der Waals surface area contributed by atoms with Gasteiger partial charge >= 0.3 is 0 Å². The number of anilines is 1. The quantitative estimate of drug-likeness (QED) is 0.637. The molecule has 0 amide bonds. The summed E-state index contributed by atoms with van der Waals surface area (Å²) in [4.78, 5) is 0. The minimum atomic E-state index is 0.535. The third kappa shape index (κ3) is 1.46. The topological polar surface area (TPSA) is 49.8 Å². The van der Waals surface area contributed by atoms with Gasteiger partial charge in [-0.05, 0) is 18.6 Å². The van der Waals surface area contributed by atoms with Crippen molar-refractivity contribution in [1.29, 1.82) is 5.26 Å². The van der Waals surface area contributed by atoms with Gasteiger partial charge in [0.1, 0.15) is 6.07 Å². The molecule has 0 aliphatic carbocycles. The Labute approximate surface area is 71.9 Å². The Bertz CT molecular complexity index is 345. The van der Waals surface area contributed by atoms with E-state index in [1.54, 1.807) is 6.07 Å². The van der Waals surface area contributed by atoms with E-state index in [9.17, 15) is 0 Å². The molecule has 0 saturated carbocycles. The summed E-state index contributed by atoms with van der Waals surface area (Å²) in [6.07, 6.45) is 3.75. The summed E-state index contributed by atoms with van der Waals surface area (Å²) in [7, 11) is 0. The van der Waals surface area contributed by atoms with Crippen molar-refractivity contribution in [3.05, 3.63) is 35.4 Å². The molecule has 0 fully saturated rings. The van der Waals surface area contributed by atoms with Gasteiger partial charge in [0, 0.05) is 0 Å². The summed E-state index contributed by atoms with van der Waals surface area (Å²) >= 11 is 0. The molecule has 0 aliphatic rings. The summed E-state index contributed by atoms with van der Waals surface area (Å²) in [5.74, 6) is 0. The first-order valence-corrected chi connectivity index (χ1v) is 3.71. The van der Waals surface area contributed by atoms with Crippen LogP contribution in [-0.4, -0.2) is 0 Å².